The summed E-state index contributed by atoms with van der Waals surface area (Å²) in [4.78, 5) is 82.3. The lowest BCUT2D eigenvalue weighted by Crippen LogP contribution is -2.81. The smallest absolute Gasteiger partial charge is 0.407 e. The molecule has 1 aliphatic heterocycles. The summed E-state index contributed by atoms with van der Waals surface area (Å²) >= 11 is 0. The van der Waals surface area contributed by atoms with Gasteiger partial charge in [-0.1, -0.05) is 52.8 Å². The third-order valence-corrected chi connectivity index (χ3v) is 12.5. The molecule has 1 unspecified atom stereocenters. The van der Waals surface area contributed by atoms with Gasteiger partial charge in [0.2, 0.25) is 5.78 Å². The maximum Gasteiger partial charge on any atom is 0.407 e. The Labute approximate surface area is 344 Å². The van der Waals surface area contributed by atoms with Gasteiger partial charge in [0.15, 0.2) is 17.5 Å². The number of hydrogen-bond acceptors (Lipinski definition) is 15. The summed E-state index contributed by atoms with van der Waals surface area (Å²) in [6, 6.07) is 6.66. The normalized spacial score (nSPS) is 33.4. The van der Waals surface area contributed by atoms with Crippen molar-refractivity contribution in [2.75, 3.05) is 6.61 Å². The summed E-state index contributed by atoms with van der Waals surface area (Å²) in [7, 11) is 0. The summed E-state index contributed by atoms with van der Waals surface area (Å²) in [6.07, 6.45) is -9.21. The van der Waals surface area contributed by atoms with Crippen LogP contribution in [0.5, 0.6) is 0 Å². The van der Waals surface area contributed by atoms with Crippen molar-refractivity contribution in [2.24, 2.45) is 28.6 Å². The molecule has 326 valence electrons. The van der Waals surface area contributed by atoms with Gasteiger partial charge in [-0.15, -0.1) is 0 Å². The fourth-order valence-electron chi connectivity index (χ4n) is 9.64. The molecule has 1 aromatic rings. The van der Waals surface area contributed by atoms with Crippen molar-refractivity contribution in [3.05, 3.63) is 47.2 Å². The van der Waals surface area contributed by atoms with Crippen LogP contribution >= 0.6 is 0 Å². The Morgan fingerprint density at radius 2 is 1.63 bits per heavy atom. The number of esters is 4. The maximum absolute atomic E-state index is 15.4. The maximum atomic E-state index is 15.4. The predicted octanol–water partition coefficient (Wildman–Crippen LogP) is 3.71. The standard InChI is InChI=1S/C43H59NO15/c1-21(2)17-26(44-38(52)59-39(6,7)8)31(48)37(51)56-27-19-43(53)35(57-36(50)25-15-13-12-14-16-25)33-41(11,28(47)18-29-42(33,20-54-29)58-24(5)46)34(49)32(55-23(4)45)30(22(27)3)40(43,9)10/h12-16,21-22,26-29,31,33,35,47-48,53H,17-20H2,1-11H3,(H,44,52)/t22?,26-,27-,28-,29+,31-,33-,35-,41+,42-,43+/m0/s1. The number of Topliss-reactive ketones (excluding diaryl/α,β-unsaturated/α-hetero) is 1. The monoisotopic (exact) mass is 829 g/mol. The molecule has 5 rings (SSSR count). The van der Waals surface area contributed by atoms with Crippen molar-refractivity contribution in [1.29, 1.82) is 0 Å². The van der Waals surface area contributed by atoms with Gasteiger partial charge in [-0.3, -0.25) is 14.4 Å². The highest BCUT2D eigenvalue weighted by Crippen LogP contribution is 2.65. The molecule has 1 saturated heterocycles. The lowest BCUT2D eigenvalue weighted by molar-refractivity contribution is -0.345. The lowest BCUT2D eigenvalue weighted by atomic mass is 9.45. The van der Waals surface area contributed by atoms with Crippen LogP contribution in [0.4, 0.5) is 4.79 Å². The molecule has 4 N–H and O–H groups in total. The molecule has 4 aliphatic rings. The van der Waals surface area contributed by atoms with Crippen LogP contribution in [-0.4, -0.2) is 111 Å². The third-order valence-electron chi connectivity index (χ3n) is 12.5. The second-order valence-corrected chi connectivity index (χ2v) is 18.6. The van der Waals surface area contributed by atoms with Gasteiger partial charge in [0.1, 0.15) is 29.5 Å². The summed E-state index contributed by atoms with van der Waals surface area (Å²) in [5, 5.41) is 39.6. The van der Waals surface area contributed by atoms with Crippen molar-refractivity contribution in [3.8, 4) is 0 Å². The van der Waals surface area contributed by atoms with Crippen LogP contribution in [0.3, 0.4) is 0 Å². The first-order valence-electron chi connectivity index (χ1n) is 20.0. The first-order chi connectivity index (χ1) is 27.2. The van der Waals surface area contributed by atoms with E-state index in [0.29, 0.717) is 0 Å². The Hall–Kier alpha value is -4.38. The molecule has 16 nitrogen and oxygen atoms in total. The molecule has 3 aliphatic carbocycles. The van der Waals surface area contributed by atoms with E-state index in [4.69, 9.17) is 28.4 Å². The summed E-state index contributed by atoms with van der Waals surface area (Å²) in [6.45, 7) is 16.6. The molecule has 0 spiro atoms. The average molecular weight is 830 g/mol. The largest absolute Gasteiger partial charge is 0.460 e. The molecule has 11 atom stereocenters. The van der Waals surface area contributed by atoms with Gasteiger partial charge in [-0.25, -0.2) is 14.4 Å². The van der Waals surface area contributed by atoms with Gasteiger partial charge < -0.3 is 49.1 Å². The molecule has 2 saturated carbocycles. The molecule has 0 aromatic heterocycles. The molecule has 16 heteroatoms. The second kappa shape index (κ2) is 16.2. The molecule has 1 heterocycles. The zero-order chi connectivity index (χ0) is 44.2. The highest BCUT2D eigenvalue weighted by Gasteiger charge is 2.78. The van der Waals surface area contributed by atoms with Crippen molar-refractivity contribution >= 4 is 35.8 Å². The van der Waals surface area contributed by atoms with Gasteiger partial charge in [0.05, 0.1) is 35.6 Å². The quantitative estimate of drug-likeness (QED) is 0.195. The number of alkyl carbamates (subject to hydrolysis) is 1. The minimum Gasteiger partial charge on any atom is -0.460 e. The van der Waals surface area contributed by atoms with Crippen molar-refractivity contribution in [2.45, 2.75) is 149 Å². The van der Waals surface area contributed by atoms with Crippen LogP contribution in [0.15, 0.2) is 41.7 Å². The predicted molar refractivity (Wildman–Crippen MR) is 207 cm³/mol. The highest BCUT2D eigenvalue weighted by atomic mass is 16.6. The van der Waals surface area contributed by atoms with E-state index in [1.165, 1.54) is 19.1 Å². The van der Waals surface area contributed by atoms with E-state index in [9.17, 15) is 39.3 Å². The Morgan fingerprint density at radius 3 is 2.15 bits per heavy atom. The Morgan fingerprint density at radius 1 is 1.00 bits per heavy atom. The lowest BCUT2D eigenvalue weighted by Gasteiger charge is -2.67. The number of ether oxygens (including phenoxy) is 6. The van der Waals surface area contributed by atoms with Crippen LogP contribution in [0, 0.1) is 28.6 Å². The fourth-order valence-corrected chi connectivity index (χ4v) is 9.64. The van der Waals surface area contributed by atoms with Gasteiger partial charge in [0.25, 0.3) is 0 Å². The number of ketones is 1. The number of aliphatic hydroxyl groups excluding tert-OH is 2. The zero-order valence-corrected chi connectivity index (χ0v) is 35.7. The third kappa shape index (κ3) is 8.25. The van der Waals surface area contributed by atoms with Crippen molar-refractivity contribution in [3.63, 3.8) is 0 Å². The number of carbonyl (C=O) groups excluding carboxylic acids is 6. The van der Waals surface area contributed by atoms with Crippen molar-refractivity contribution < 1.29 is 72.5 Å². The summed E-state index contributed by atoms with van der Waals surface area (Å²) in [5.41, 5.74) is -8.66. The average Bonchev–Trinajstić information content (AvgIpc) is 3.11. The zero-order valence-electron chi connectivity index (χ0n) is 35.7. The number of amides is 1. The molecular weight excluding hydrogens is 770 g/mol. The summed E-state index contributed by atoms with van der Waals surface area (Å²) in [5.74, 6) is -7.95. The first kappa shape index (κ1) is 45.7. The minimum atomic E-state index is -2.37. The summed E-state index contributed by atoms with van der Waals surface area (Å²) < 4.78 is 35.4. The molecule has 3 fully saturated rings. The van der Waals surface area contributed by atoms with E-state index in [-0.39, 0.29) is 36.5 Å². The van der Waals surface area contributed by atoms with Crippen LogP contribution in [0.1, 0.15) is 106 Å². The Kier molecular flexibility index (Phi) is 12.6. The SMILES string of the molecule is CC(=O)OC1=C2C(C)[C@@H](OC(=O)[C@@H](O)[C@H](CC(C)C)NC(=O)OC(C)(C)C)C[C@@](O)([C@@H](OC(=O)c3ccccc3)[C@@H]3[C@]4(OC(C)=O)CO[C@@H]4C[C@H](O)[C@@]3(C)C1=O)C2(C)C. The van der Waals surface area contributed by atoms with Gasteiger partial charge in [0, 0.05) is 38.0 Å². The van der Waals surface area contributed by atoms with Gasteiger partial charge in [-0.05, 0) is 57.7 Å². The van der Waals surface area contributed by atoms with E-state index < -0.39 is 124 Å². The minimum absolute atomic E-state index is 0.00510. The second-order valence-electron chi connectivity index (χ2n) is 18.6. The van der Waals surface area contributed by atoms with Gasteiger partial charge >= 0.3 is 30.0 Å². The molecular formula is C43H59NO15. The van der Waals surface area contributed by atoms with E-state index in [2.05, 4.69) is 5.32 Å². The Bertz CT molecular complexity index is 1870. The van der Waals surface area contributed by atoms with Crippen LogP contribution in [0.25, 0.3) is 0 Å². The van der Waals surface area contributed by atoms with Crippen LogP contribution in [-0.2, 0) is 47.6 Å². The number of carbonyl (C=O) groups is 6. The number of allylic oxidation sites excluding steroid dienone is 1. The van der Waals surface area contributed by atoms with E-state index in [0.717, 1.165) is 13.8 Å². The highest BCUT2D eigenvalue weighted by molar-refractivity contribution is 6.02. The van der Waals surface area contributed by atoms with E-state index >= 15 is 4.79 Å². The van der Waals surface area contributed by atoms with Crippen molar-refractivity contribution in [1.82, 2.24) is 5.32 Å². The number of aliphatic hydroxyl groups is 3. The first-order valence-corrected chi connectivity index (χ1v) is 20.0. The fraction of sp³-hybridized carbons (Fsp3) is 0.674. The number of benzene rings is 1. The topological polar surface area (TPSA) is 231 Å². The number of hydrogen-bond donors (Lipinski definition) is 4. The van der Waals surface area contributed by atoms with E-state index in [1.807, 2.05) is 13.8 Å². The van der Waals surface area contributed by atoms with E-state index in [1.54, 1.807) is 59.7 Å². The molecule has 0 radical (unpaired) electrons. The molecule has 1 aromatic carbocycles. The van der Waals surface area contributed by atoms with Gasteiger partial charge in [-0.2, -0.15) is 0 Å². The number of nitrogens with one attached hydrogen (secondary N) is 1. The number of fused-ring (bicyclic) bond motifs is 5. The molecule has 2 bridgehead atoms. The molecule has 59 heavy (non-hydrogen) atoms. The molecule has 1 amide bonds. The van der Waals surface area contributed by atoms with Crippen LogP contribution in [0.2, 0.25) is 0 Å². The Balaban J connectivity index is 1.72. The number of rotatable bonds is 10. The van der Waals surface area contributed by atoms with Crippen LogP contribution < -0.4 is 5.32 Å².